The molecule has 5 heterocycles. The number of piperidine rings is 2. The summed E-state index contributed by atoms with van der Waals surface area (Å²) >= 11 is 7.13. The predicted molar refractivity (Wildman–Crippen MR) is 138 cm³/mol. The maximum atomic E-state index is 13.2. The van der Waals surface area contributed by atoms with Crippen molar-refractivity contribution in [2.45, 2.75) is 37.8 Å². The van der Waals surface area contributed by atoms with Crippen molar-refractivity contribution in [3.63, 3.8) is 0 Å². The fourth-order valence-electron chi connectivity index (χ4n) is 5.38. The van der Waals surface area contributed by atoms with Crippen molar-refractivity contribution in [3.8, 4) is 0 Å². The number of nitrogens with zero attached hydrogens (tertiary/aromatic N) is 3. The molecule has 12 heteroatoms. The average molecular weight is 551 g/mol. The summed E-state index contributed by atoms with van der Waals surface area (Å²) in [5.41, 5.74) is 0.945. The van der Waals surface area contributed by atoms with Gasteiger partial charge in [-0.2, -0.15) is 4.72 Å². The fraction of sp³-hybridized carbons (Fsp3) is 0.458. The van der Waals surface area contributed by atoms with Crippen LogP contribution in [-0.2, 0) is 26.2 Å². The van der Waals surface area contributed by atoms with Crippen LogP contribution < -0.4 is 10.3 Å². The molecule has 0 spiro atoms. The van der Waals surface area contributed by atoms with Gasteiger partial charge in [0.2, 0.25) is 21.8 Å². The Morgan fingerprint density at radius 1 is 1.17 bits per heavy atom. The van der Waals surface area contributed by atoms with E-state index in [2.05, 4.69) is 4.72 Å². The van der Waals surface area contributed by atoms with Gasteiger partial charge in [0.15, 0.2) is 0 Å². The highest BCUT2D eigenvalue weighted by Gasteiger charge is 2.38. The molecule has 2 unspecified atom stereocenters. The van der Waals surface area contributed by atoms with E-state index in [1.807, 2.05) is 10.6 Å². The maximum Gasteiger partial charge on any atom is 0.250 e. The first-order chi connectivity index (χ1) is 17.2. The van der Waals surface area contributed by atoms with Crippen molar-refractivity contribution in [1.82, 2.24) is 19.1 Å². The minimum absolute atomic E-state index is 0.0107. The van der Waals surface area contributed by atoms with Crippen molar-refractivity contribution in [3.05, 3.63) is 61.0 Å². The van der Waals surface area contributed by atoms with Gasteiger partial charge < -0.3 is 14.4 Å². The number of carbonyl (C=O) groups excluding carboxylic acids is 2. The van der Waals surface area contributed by atoms with Crippen molar-refractivity contribution < 1.29 is 18.0 Å². The lowest BCUT2D eigenvalue weighted by atomic mass is 9.83. The SMILES string of the molecule is O=C(CN1CCC[C@H](NS(=O)(=O)C=Cc2ccc(Cl)s2)C1=O)N1CC2CC(C1)c1cccc(=O)n1C2. The first-order valence-electron chi connectivity index (χ1n) is 11.9. The summed E-state index contributed by atoms with van der Waals surface area (Å²) in [6.07, 6.45) is 3.34. The molecule has 9 nitrogen and oxygen atoms in total. The number of sulfonamides is 1. The lowest BCUT2D eigenvalue weighted by Crippen LogP contribution is -2.56. The molecule has 2 bridgehead atoms. The highest BCUT2D eigenvalue weighted by atomic mass is 35.5. The molecule has 2 saturated heterocycles. The van der Waals surface area contributed by atoms with Gasteiger partial charge in [0.25, 0.3) is 5.56 Å². The minimum Gasteiger partial charge on any atom is -0.340 e. The number of halogens is 1. The van der Waals surface area contributed by atoms with Gasteiger partial charge in [-0.25, -0.2) is 8.42 Å². The van der Waals surface area contributed by atoms with Gasteiger partial charge in [0, 0.05) is 54.1 Å². The second kappa shape index (κ2) is 10.1. The Hall–Kier alpha value is -2.47. The lowest BCUT2D eigenvalue weighted by molar-refractivity contribution is -0.144. The standard InChI is InChI=1S/C24H27ClN4O5S2/c25-21-7-6-18(35-21)8-10-36(33,34)26-19-3-2-9-27(24(19)32)15-23(31)28-12-16-11-17(14-28)20-4-1-5-22(30)29(20)13-16/h1,4-8,10,16-17,19,26H,2-3,9,11-15H2/t16?,17?,19-/m0/s1. The Morgan fingerprint density at radius 2 is 2.00 bits per heavy atom. The van der Waals surface area contributed by atoms with Gasteiger partial charge in [0.1, 0.15) is 6.04 Å². The van der Waals surface area contributed by atoms with Crippen LogP contribution in [0.1, 0.15) is 35.8 Å². The number of aromatic nitrogens is 1. The average Bonchev–Trinajstić information content (AvgIpc) is 3.26. The molecule has 0 radical (unpaired) electrons. The number of fused-ring (bicyclic) bond motifs is 4. The summed E-state index contributed by atoms with van der Waals surface area (Å²) in [5, 5.41) is 1.03. The van der Waals surface area contributed by atoms with Crippen molar-refractivity contribution >= 4 is 50.9 Å². The Morgan fingerprint density at radius 3 is 2.78 bits per heavy atom. The molecule has 0 aromatic carbocycles. The van der Waals surface area contributed by atoms with Gasteiger partial charge in [0.05, 0.1) is 10.9 Å². The predicted octanol–water partition coefficient (Wildman–Crippen LogP) is 2.09. The van der Waals surface area contributed by atoms with Gasteiger partial charge >= 0.3 is 0 Å². The van der Waals surface area contributed by atoms with E-state index in [1.54, 1.807) is 29.2 Å². The number of rotatable bonds is 6. The summed E-state index contributed by atoms with van der Waals surface area (Å²) in [5.74, 6) is -0.249. The maximum absolute atomic E-state index is 13.2. The molecule has 192 valence electrons. The van der Waals surface area contributed by atoms with Crippen LogP contribution >= 0.6 is 22.9 Å². The molecular formula is C24H27ClN4O5S2. The smallest absolute Gasteiger partial charge is 0.250 e. The van der Waals surface area contributed by atoms with Crippen LogP contribution in [0.4, 0.5) is 0 Å². The second-order valence-corrected chi connectivity index (χ2v) is 12.9. The first kappa shape index (κ1) is 25.2. The molecule has 2 fully saturated rings. The lowest BCUT2D eigenvalue weighted by Gasteiger charge is -2.43. The van der Waals surface area contributed by atoms with E-state index >= 15 is 0 Å². The zero-order chi connectivity index (χ0) is 25.4. The summed E-state index contributed by atoms with van der Waals surface area (Å²) in [7, 11) is -3.86. The van der Waals surface area contributed by atoms with E-state index in [0.29, 0.717) is 48.2 Å². The van der Waals surface area contributed by atoms with Crippen molar-refractivity contribution in [2.75, 3.05) is 26.2 Å². The first-order valence-corrected chi connectivity index (χ1v) is 14.6. The Labute approximate surface area is 218 Å². The number of carbonyl (C=O) groups is 2. The summed E-state index contributed by atoms with van der Waals surface area (Å²) in [6, 6.07) is 7.75. The third-order valence-corrected chi connectivity index (χ3v) is 9.30. The molecule has 0 aliphatic carbocycles. The molecule has 2 aromatic rings. The van der Waals surface area contributed by atoms with Crippen LogP contribution in [0.5, 0.6) is 0 Å². The normalized spacial score (nSPS) is 24.2. The van der Waals surface area contributed by atoms with Crippen molar-refractivity contribution in [2.24, 2.45) is 5.92 Å². The van der Waals surface area contributed by atoms with Gasteiger partial charge in [-0.15, -0.1) is 11.3 Å². The fourth-order valence-corrected chi connectivity index (χ4v) is 7.45. The summed E-state index contributed by atoms with van der Waals surface area (Å²) in [4.78, 5) is 42.4. The van der Waals surface area contributed by atoms with Crippen LogP contribution in [-0.4, -0.2) is 66.8 Å². The third-order valence-electron chi connectivity index (χ3n) is 7.00. The Kier molecular flexibility index (Phi) is 7.08. The molecule has 3 atom stereocenters. The minimum atomic E-state index is -3.86. The van der Waals surface area contributed by atoms with Gasteiger partial charge in [-0.3, -0.25) is 14.4 Å². The highest BCUT2D eigenvalue weighted by molar-refractivity contribution is 7.92. The zero-order valence-corrected chi connectivity index (χ0v) is 21.9. The van der Waals surface area contributed by atoms with E-state index in [0.717, 1.165) is 17.5 Å². The number of hydrogen-bond donors (Lipinski definition) is 1. The molecule has 2 amide bonds. The Balaban J connectivity index is 1.21. The molecular weight excluding hydrogens is 524 g/mol. The molecule has 3 aliphatic heterocycles. The molecule has 5 rings (SSSR count). The van der Waals surface area contributed by atoms with Crippen LogP contribution in [0.2, 0.25) is 4.34 Å². The number of nitrogens with one attached hydrogen (secondary N) is 1. The zero-order valence-electron chi connectivity index (χ0n) is 19.5. The number of amides is 2. The van der Waals surface area contributed by atoms with E-state index in [1.165, 1.54) is 22.3 Å². The van der Waals surface area contributed by atoms with E-state index in [9.17, 15) is 22.8 Å². The third kappa shape index (κ3) is 5.44. The van der Waals surface area contributed by atoms with Gasteiger partial charge in [-0.1, -0.05) is 17.7 Å². The highest BCUT2D eigenvalue weighted by Crippen LogP contribution is 2.35. The topological polar surface area (TPSA) is 109 Å². The second-order valence-electron chi connectivity index (χ2n) is 9.56. The largest absolute Gasteiger partial charge is 0.340 e. The molecule has 3 aliphatic rings. The van der Waals surface area contributed by atoms with Crippen LogP contribution in [0.3, 0.4) is 0 Å². The van der Waals surface area contributed by atoms with Gasteiger partial charge in [-0.05, 0) is 49.5 Å². The van der Waals surface area contributed by atoms with Crippen molar-refractivity contribution in [1.29, 1.82) is 0 Å². The molecule has 2 aromatic heterocycles. The number of hydrogen-bond acceptors (Lipinski definition) is 6. The summed E-state index contributed by atoms with van der Waals surface area (Å²) in [6.45, 7) is 1.97. The molecule has 36 heavy (non-hydrogen) atoms. The van der Waals surface area contributed by atoms with E-state index < -0.39 is 16.1 Å². The summed E-state index contributed by atoms with van der Waals surface area (Å²) < 4.78 is 29.9. The number of likely N-dealkylation sites (tertiary alicyclic amines) is 2. The van der Waals surface area contributed by atoms with Crippen LogP contribution in [0, 0.1) is 5.92 Å². The Bertz CT molecular complexity index is 1370. The van der Waals surface area contributed by atoms with Crippen LogP contribution in [0.15, 0.2) is 40.5 Å². The molecule has 0 saturated carbocycles. The monoisotopic (exact) mass is 550 g/mol. The van der Waals surface area contributed by atoms with E-state index in [4.69, 9.17) is 11.6 Å². The molecule has 1 N–H and O–H groups in total. The van der Waals surface area contributed by atoms with E-state index in [-0.39, 0.29) is 35.8 Å². The van der Waals surface area contributed by atoms with Crippen LogP contribution in [0.25, 0.3) is 6.08 Å². The quantitative estimate of drug-likeness (QED) is 0.592. The number of pyridine rings is 1. The number of thiophene rings is 1.